The molecule has 1 saturated heterocycles. The molecule has 0 spiro atoms. The number of hydrogen-bond acceptors (Lipinski definition) is 2. The molecule has 2 aromatic rings. The summed E-state index contributed by atoms with van der Waals surface area (Å²) in [5, 5.41) is 1.23. The van der Waals surface area contributed by atoms with Gasteiger partial charge in [0.15, 0.2) is 0 Å². The molecule has 1 N–H and O–H groups in total. The number of carbonyl (C=O) groups is 1. The first-order valence-electron chi connectivity index (χ1n) is 7.65. The van der Waals surface area contributed by atoms with Gasteiger partial charge in [-0.2, -0.15) is 0 Å². The lowest BCUT2D eigenvalue weighted by molar-refractivity contribution is -0.134. The van der Waals surface area contributed by atoms with Crippen LogP contribution >= 0.6 is 0 Å². The third-order valence-electron chi connectivity index (χ3n) is 5.42. The van der Waals surface area contributed by atoms with E-state index in [0.717, 1.165) is 24.9 Å². The molecule has 1 aromatic heterocycles. The summed E-state index contributed by atoms with van der Waals surface area (Å²) in [5.74, 6) is 0.146. The minimum absolute atomic E-state index is 0.146. The number of nitrogens with zero attached hydrogens (tertiary/aromatic N) is 2. The van der Waals surface area contributed by atoms with Crippen LogP contribution in [0.3, 0.4) is 0 Å². The highest BCUT2D eigenvalue weighted by molar-refractivity contribution is 5.96. The molecular weight excluding hydrogens is 262 g/mol. The van der Waals surface area contributed by atoms with Crippen molar-refractivity contribution < 1.29 is 4.79 Å². The van der Waals surface area contributed by atoms with Gasteiger partial charge < -0.3 is 0 Å². The molecule has 2 aliphatic heterocycles. The molecule has 1 fully saturated rings. The van der Waals surface area contributed by atoms with E-state index in [0.29, 0.717) is 0 Å². The molecule has 110 valence electrons. The van der Waals surface area contributed by atoms with Crippen LogP contribution in [0.25, 0.3) is 10.9 Å². The summed E-state index contributed by atoms with van der Waals surface area (Å²) in [7, 11) is 2.14. The topological polar surface area (TPSA) is 37.3 Å². The van der Waals surface area contributed by atoms with Crippen LogP contribution in [0.2, 0.25) is 0 Å². The highest BCUT2D eigenvalue weighted by Crippen LogP contribution is 2.49. The normalized spacial score (nSPS) is 29.1. The Hall–Kier alpha value is -1.81. The number of aryl methyl sites for hydroxylation is 1. The van der Waals surface area contributed by atoms with Gasteiger partial charge in [0, 0.05) is 5.39 Å². The molecule has 3 heterocycles. The monoisotopic (exact) mass is 283 g/mol. The van der Waals surface area contributed by atoms with Crippen molar-refractivity contribution in [1.82, 2.24) is 9.58 Å². The Morgan fingerprint density at radius 1 is 1.33 bits per heavy atom. The van der Waals surface area contributed by atoms with Crippen LogP contribution in [-0.2, 0) is 4.79 Å². The fraction of sp³-hybridized carbons (Fsp3) is 0.471. The zero-order valence-corrected chi connectivity index (χ0v) is 12.8. The molecule has 1 amide bonds. The summed E-state index contributed by atoms with van der Waals surface area (Å²) in [6, 6.07) is 8.47. The number of hydrogen-bond donors (Lipinski definition) is 1. The largest absolute Gasteiger partial charge is 0.297 e. The molecule has 4 heteroatoms. The Balaban J connectivity index is 2.04. The lowest BCUT2D eigenvalue weighted by Crippen LogP contribution is -2.55. The predicted octanol–water partition coefficient (Wildman–Crippen LogP) is 2.81. The Bertz CT molecular complexity index is 748. The molecule has 0 saturated carbocycles. The number of aromatic nitrogens is 1. The number of nitrogens with one attached hydrogen (secondary N) is 1. The van der Waals surface area contributed by atoms with Gasteiger partial charge in [-0.05, 0) is 51.9 Å². The number of amides is 1. The molecule has 2 atom stereocenters. The van der Waals surface area contributed by atoms with E-state index in [1.54, 1.807) is 0 Å². The van der Waals surface area contributed by atoms with E-state index in [1.807, 2.05) is 10.7 Å². The summed E-state index contributed by atoms with van der Waals surface area (Å²) in [4.78, 5) is 15.1. The highest BCUT2D eigenvalue weighted by Gasteiger charge is 2.51. The van der Waals surface area contributed by atoms with E-state index in [1.165, 1.54) is 16.6 Å². The fourth-order valence-electron chi connectivity index (χ4n) is 4.29. The molecule has 0 aliphatic carbocycles. The molecule has 0 radical (unpaired) electrons. The summed E-state index contributed by atoms with van der Waals surface area (Å²) < 4.78 is 2.02. The van der Waals surface area contributed by atoms with E-state index in [-0.39, 0.29) is 17.4 Å². The van der Waals surface area contributed by atoms with Gasteiger partial charge in [-0.1, -0.05) is 18.2 Å². The molecule has 21 heavy (non-hydrogen) atoms. The minimum Gasteiger partial charge on any atom is -0.297 e. The highest BCUT2D eigenvalue weighted by atomic mass is 16.2. The standard InChI is InChI=1S/C17H21N3O/c1-11-12-7-4-5-8-13(12)20-14(11)15-17(2,16(21)18-20)9-6-10-19(15)3/h4-5,7-8,15H,6,9-10H2,1-3H3,(H,18,21). The van der Waals surface area contributed by atoms with Crippen molar-refractivity contribution in [2.45, 2.75) is 32.7 Å². The number of rotatable bonds is 0. The lowest BCUT2D eigenvalue weighted by Gasteiger charge is -2.49. The Morgan fingerprint density at radius 3 is 2.90 bits per heavy atom. The van der Waals surface area contributed by atoms with E-state index in [4.69, 9.17) is 0 Å². The maximum atomic E-state index is 12.8. The zero-order chi connectivity index (χ0) is 14.8. The van der Waals surface area contributed by atoms with Crippen molar-refractivity contribution in [1.29, 1.82) is 0 Å². The average Bonchev–Trinajstić information content (AvgIpc) is 2.73. The maximum absolute atomic E-state index is 12.8. The third kappa shape index (κ3) is 1.51. The number of para-hydroxylation sites is 1. The fourth-order valence-corrected chi connectivity index (χ4v) is 4.29. The first-order chi connectivity index (χ1) is 10.0. The van der Waals surface area contributed by atoms with Crippen LogP contribution in [0.1, 0.15) is 37.1 Å². The molecule has 4 rings (SSSR count). The number of likely N-dealkylation sites (tertiary alicyclic amines) is 1. The van der Waals surface area contributed by atoms with Crippen molar-refractivity contribution in [2.24, 2.45) is 5.41 Å². The van der Waals surface area contributed by atoms with Crippen LogP contribution in [0.5, 0.6) is 0 Å². The van der Waals surface area contributed by atoms with Crippen LogP contribution in [0, 0.1) is 12.3 Å². The molecule has 2 unspecified atom stereocenters. The molecule has 0 bridgehead atoms. The smallest absolute Gasteiger partial charge is 0.246 e. The van der Waals surface area contributed by atoms with Gasteiger partial charge in [0.2, 0.25) is 5.91 Å². The van der Waals surface area contributed by atoms with Gasteiger partial charge >= 0.3 is 0 Å². The van der Waals surface area contributed by atoms with Gasteiger partial charge in [0.05, 0.1) is 22.7 Å². The summed E-state index contributed by atoms with van der Waals surface area (Å²) in [6.45, 7) is 5.34. The summed E-state index contributed by atoms with van der Waals surface area (Å²) in [5.41, 5.74) is 6.44. The van der Waals surface area contributed by atoms with E-state index >= 15 is 0 Å². The zero-order valence-electron chi connectivity index (χ0n) is 12.8. The van der Waals surface area contributed by atoms with Gasteiger partial charge in [0.25, 0.3) is 0 Å². The van der Waals surface area contributed by atoms with E-state index in [9.17, 15) is 4.79 Å². The lowest BCUT2D eigenvalue weighted by atomic mass is 9.71. The van der Waals surface area contributed by atoms with Crippen molar-refractivity contribution in [3.05, 3.63) is 35.5 Å². The second-order valence-corrected chi connectivity index (χ2v) is 6.71. The van der Waals surface area contributed by atoms with Gasteiger partial charge in [-0.25, -0.2) is 0 Å². The first-order valence-corrected chi connectivity index (χ1v) is 7.65. The van der Waals surface area contributed by atoms with Crippen LogP contribution in [-0.4, -0.2) is 29.1 Å². The second-order valence-electron chi connectivity index (χ2n) is 6.71. The van der Waals surface area contributed by atoms with Gasteiger partial charge in [-0.3, -0.25) is 19.8 Å². The van der Waals surface area contributed by atoms with Crippen molar-refractivity contribution in [2.75, 3.05) is 19.0 Å². The number of fused-ring (bicyclic) bond motifs is 5. The predicted molar refractivity (Wildman–Crippen MR) is 83.8 cm³/mol. The van der Waals surface area contributed by atoms with Crippen LogP contribution in [0.4, 0.5) is 0 Å². The number of carbonyl (C=O) groups excluding carboxylic acids is 1. The second kappa shape index (κ2) is 4.10. The quantitative estimate of drug-likeness (QED) is 0.807. The minimum atomic E-state index is -0.331. The molecule has 4 nitrogen and oxygen atoms in total. The van der Waals surface area contributed by atoms with E-state index in [2.05, 4.69) is 49.4 Å². The maximum Gasteiger partial charge on any atom is 0.246 e. The number of piperidine rings is 1. The Kier molecular flexibility index (Phi) is 2.52. The van der Waals surface area contributed by atoms with Crippen molar-refractivity contribution in [3.63, 3.8) is 0 Å². The summed E-state index contributed by atoms with van der Waals surface area (Å²) in [6.07, 6.45) is 2.03. The van der Waals surface area contributed by atoms with Gasteiger partial charge in [-0.15, -0.1) is 0 Å². The van der Waals surface area contributed by atoms with Gasteiger partial charge in [0.1, 0.15) is 0 Å². The summed E-state index contributed by atoms with van der Waals surface area (Å²) >= 11 is 0. The van der Waals surface area contributed by atoms with Crippen molar-refractivity contribution in [3.8, 4) is 0 Å². The average molecular weight is 283 g/mol. The van der Waals surface area contributed by atoms with Crippen LogP contribution in [0.15, 0.2) is 24.3 Å². The number of benzene rings is 1. The molecule has 2 aliphatic rings. The molecule has 1 aromatic carbocycles. The Morgan fingerprint density at radius 2 is 2.10 bits per heavy atom. The Labute approximate surface area is 124 Å². The third-order valence-corrected chi connectivity index (χ3v) is 5.42. The molecular formula is C17H21N3O. The first kappa shape index (κ1) is 12.9. The SMILES string of the molecule is Cc1c2n(c3ccccc13)NC(=O)C1(C)CCCN(C)C21. The van der Waals surface area contributed by atoms with Crippen molar-refractivity contribution >= 4 is 16.8 Å². The van der Waals surface area contributed by atoms with E-state index < -0.39 is 0 Å². The van der Waals surface area contributed by atoms with Crippen LogP contribution < -0.4 is 5.43 Å².